The largest absolute Gasteiger partial charge is 0.443 e. The molecule has 0 unspecified atom stereocenters. The number of fused-ring (bicyclic) bond motifs is 5. The van der Waals surface area contributed by atoms with Crippen molar-refractivity contribution in [2.45, 2.75) is 26.4 Å². The Kier molecular flexibility index (Phi) is 3.14. The lowest BCUT2D eigenvalue weighted by molar-refractivity contribution is 0.0551. The summed E-state index contributed by atoms with van der Waals surface area (Å²) in [6.07, 6.45) is -0.344. The Balaban J connectivity index is 2.12. The van der Waals surface area contributed by atoms with Crippen LogP contribution in [0.1, 0.15) is 20.8 Å². The molecule has 3 heteroatoms. The van der Waals surface area contributed by atoms with E-state index in [1.807, 2.05) is 57.2 Å². The lowest BCUT2D eigenvalue weighted by Crippen LogP contribution is -2.27. The minimum Gasteiger partial charge on any atom is -0.443 e. The summed E-state index contributed by atoms with van der Waals surface area (Å²) in [5.74, 6) is 0. The van der Waals surface area contributed by atoms with E-state index in [4.69, 9.17) is 4.74 Å². The summed E-state index contributed by atoms with van der Waals surface area (Å²) in [7, 11) is 0. The van der Waals surface area contributed by atoms with E-state index in [1.54, 1.807) is 4.57 Å². The van der Waals surface area contributed by atoms with Gasteiger partial charge in [0.1, 0.15) is 5.60 Å². The van der Waals surface area contributed by atoms with E-state index >= 15 is 0 Å². The number of hydrogen-bond donors (Lipinski definition) is 0. The van der Waals surface area contributed by atoms with E-state index < -0.39 is 5.60 Å². The van der Waals surface area contributed by atoms with Gasteiger partial charge in [0.05, 0.1) is 11.0 Å². The zero-order valence-corrected chi connectivity index (χ0v) is 14.0. The molecule has 0 radical (unpaired) electrons. The molecule has 3 aromatic carbocycles. The first kappa shape index (κ1) is 14.8. The Morgan fingerprint density at radius 1 is 0.833 bits per heavy atom. The van der Waals surface area contributed by atoms with Crippen molar-refractivity contribution < 1.29 is 9.53 Å². The summed E-state index contributed by atoms with van der Waals surface area (Å²) in [6, 6.07) is 20.3. The molecular weight excluding hydrogens is 298 g/mol. The second kappa shape index (κ2) is 5.10. The number of aromatic nitrogens is 1. The predicted octanol–water partition coefficient (Wildman–Crippen LogP) is 5.73. The Hall–Kier alpha value is -2.81. The Bertz CT molecular complexity index is 1080. The van der Waals surface area contributed by atoms with Crippen LogP contribution in [0.2, 0.25) is 0 Å². The smallest absolute Gasteiger partial charge is 0.419 e. The first-order valence-corrected chi connectivity index (χ1v) is 8.10. The Morgan fingerprint density at radius 2 is 1.50 bits per heavy atom. The molecule has 120 valence electrons. The van der Waals surface area contributed by atoms with Gasteiger partial charge in [-0.15, -0.1) is 0 Å². The quantitative estimate of drug-likeness (QED) is 0.414. The summed E-state index contributed by atoms with van der Waals surface area (Å²) in [4.78, 5) is 12.8. The zero-order valence-electron chi connectivity index (χ0n) is 14.0. The minimum absolute atomic E-state index is 0.344. The number of benzene rings is 3. The molecule has 1 heterocycles. The van der Waals surface area contributed by atoms with Crippen LogP contribution in [0.4, 0.5) is 4.79 Å². The normalized spacial score (nSPS) is 12.1. The molecule has 24 heavy (non-hydrogen) atoms. The maximum absolute atomic E-state index is 12.8. The van der Waals surface area contributed by atoms with Crippen LogP contribution in [0.3, 0.4) is 0 Å². The lowest BCUT2D eigenvalue weighted by atomic mass is 10.0. The van der Waals surface area contributed by atoms with Gasteiger partial charge in [-0.3, -0.25) is 0 Å². The number of carbonyl (C=O) groups is 1. The van der Waals surface area contributed by atoms with E-state index in [1.165, 1.54) is 0 Å². The van der Waals surface area contributed by atoms with Crippen LogP contribution in [0.5, 0.6) is 0 Å². The monoisotopic (exact) mass is 317 g/mol. The maximum Gasteiger partial charge on any atom is 0.419 e. The highest BCUT2D eigenvalue weighted by molar-refractivity contribution is 6.22. The SMILES string of the molecule is CC(C)(C)OC(=O)n1c2ccccc2c2c3ccccc3ccc21. The van der Waals surface area contributed by atoms with Gasteiger partial charge in [0.15, 0.2) is 0 Å². The Labute approximate surface area is 140 Å². The molecule has 0 amide bonds. The van der Waals surface area contributed by atoms with Gasteiger partial charge in [-0.2, -0.15) is 0 Å². The Morgan fingerprint density at radius 3 is 2.25 bits per heavy atom. The van der Waals surface area contributed by atoms with Crippen LogP contribution in [-0.2, 0) is 4.74 Å². The van der Waals surface area contributed by atoms with E-state index in [0.29, 0.717) is 0 Å². The summed E-state index contributed by atoms with van der Waals surface area (Å²) in [5.41, 5.74) is 1.22. The van der Waals surface area contributed by atoms with Crippen molar-refractivity contribution in [3.63, 3.8) is 0 Å². The van der Waals surface area contributed by atoms with E-state index in [0.717, 1.165) is 32.6 Å². The average Bonchev–Trinajstić information content (AvgIpc) is 2.88. The molecule has 0 N–H and O–H groups in total. The summed E-state index contributed by atoms with van der Waals surface area (Å²) < 4.78 is 7.32. The standard InChI is InChI=1S/C21H19NO2/c1-21(2,3)24-20(23)22-17-11-7-6-10-16(17)19-15-9-5-4-8-14(15)12-13-18(19)22/h4-13H,1-3H3. The second-order valence-corrected chi connectivity index (χ2v) is 7.01. The number of ether oxygens (including phenoxy) is 1. The van der Waals surface area contributed by atoms with Gasteiger partial charge in [-0.1, -0.05) is 48.5 Å². The van der Waals surface area contributed by atoms with Gasteiger partial charge >= 0.3 is 6.09 Å². The van der Waals surface area contributed by atoms with Gasteiger partial charge in [-0.05, 0) is 43.7 Å². The molecule has 0 aliphatic heterocycles. The van der Waals surface area contributed by atoms with Crippen molar-refractivity contribution >= 4 is 38.7 Å². The van der Waals surface area contributed by atoms with Crippen molar-refractivity contribution in [1.29, 1.82) is 0 Å². The predicted molar refractivity (Wildman–Crippen MR) is 98.6 cm³/mol. The fraction of sp³-hybridized carbons (Fsp3) is 0.190. The second-order valence-electron chi connectivity index (χ2n) is 7.01. The average molecular weight is 317 g/mol. The molecular formula is C21H19NO2. The zero-order chi connectivity index (χ0) is 16.9. The van der Waals surface area contributed by atoms with Crippen molar-refractivity contribution in [3.05, 3.63) is 60.7 Å². The summed E-state index contributed by atoms with van der Waals surface area (Å²) in [5, 5.41) is 4.47. The van der Waals surface area contributed by atoms with Crippen LogP contribution in [-0.4, -0.2) is 16.3 Å². The molecule has 3 nitrogen and oxygen atoms in total. The minimum atomic E-state index is -0.536. The van der Waals surface area contributed by atoms with Crippen LogP contribution in [0.15, 0.2) is 60.7 Å². The number of nitrogens with zero attached hydrogens (tertiary/aromatic N) is 1. The molecule has 0 saturated heterocycles. The van der Waals surface area contributed by atoms with Crippen molar-refractivity contribution in [1.82, 2.24) is 4.57 Å². The van der Waals surface area contributed by atoms with Gasteiger partial charge in [0.25, 0.3) is 0 Å². The van der Waals surface area contributed by atoms with Crippen LogP contribution < -0.4 is 0 Å². The van der Waals surface area contributed by atoms with Crippen LogP contribution in [0, 0.1) is 0 Å². The molecule has 0 spiro atoms. The molecule has 0 bridgehead atoms. The summed E-state index contributed by atoms with van der Waals surface area (Å²) in [6.45, 7) is 5.65. The maximum atomic E-state index is 12.8. The molecule has 0 aliphatic carbocycles. The van der Waals surface area contributed by atoms with Crippen molar-refractivity contribution in [2.75, 3.05) is 0 Å². The molecule has 0 atom stereocenters. The molecule has 0 fully saturated rings. The van der Waals surface area contributed by atoms with Gasteiger partial charge in [0, 0.05) is 10.8 Å². The molecule has 4 aromatic rings. The third-order valence-electron chi connectivity index (χ3n) is 4.14. The highest BCUT2D eigenvalue weighted by Gasteiger charge is 2.22. The highest BCUT2D eigenvalue weighted by Crippen LogP contribution is 2.35. The number of para-hydroxylation sites is 1. The first-order chi connectivity index (χ1) is 11.5. The highest BCUT2D eigenvalue weighted by atomic mass is 16.6. The fourth-order valence-corrected chi connectivity index (χ4v) is 3.24. The third kappa shape index (κ3) is 2.24. The fourth-order valence-electron chi connectivity index (χ4n) is 3.24. The number of hydrogen-bond acceptors (Lipinski definition) is 2. The summed E-state index contributed by atoms with van der Waals surface area (Å²) >= 11 is 0. The van der Waals surface area contributed by atoms with Gasteiger partial charge < -0.3 is 4.74 Å². The first-order valence-electron chi connectivity index (χ1n) is 8.10. The lowest BCUT2D eigenvalue weighted by Gasteiger charge is -2.20. The van der Waals surface area contributed by atoms with Gasteiger partial charge in [-0.25, -0.2) is 9.36 Å². The number of rotatable bonds is 0. The third-order valence-corrected chi connectivity index (χ3v) is 4.14. The van der Waals surface area contributed by atoms with E-state index in [9.17, 15) is 4.79 Å². The van der Waals surface area contributed by atoms with E-state index in [2.05, 4.69) is 24.3 Å². The topological polar surface area (TPSA) is 31.2 Å². The molecule has 0 saturated carbocycles. The molecule has 1 aromatic heterocycles. The number of carbonyl (C=O) groups excluding carboxylic acids is 1. The van der Waals surface area contributed by atoms with Crippen LogP contribution >= 0.6 is 0 Å². The molecule has 4 rings (SSSR count). The van der Waals surface area contributed by atoms with Gasteiger partial charge in [0.2, 0.25) is 0 Å². The van der Waals surface area contributed by atoms with Crippen LogP contribution in [0.25, 0.3) is 32.6 Å². The molecule has 0 aliphatic rings. The van der Waals surface area contributed by atoms with Crippen molar-refractivity contribution in [3.8, 4) is 0 Å². The van der Waals surface area contributed by atoms with Crippen molar-refractivity contribution in [2.24, 2.45) is 0 Å². The van der Waals surface area contributed by atoms with E-state index in [-0.39, 0.29) is 6.09 Å².